The fourth-order valence-electron chi connectivity index (χ4n) is 3.48. The number of hydrogen-bond donors (Lipinski definition) is 1. The second-order valence-corrected chi connectivity index (χ2v) is 7.73. The summed E-state index contributed by atoms with van der Waals surface area (Å²) in [5.41, 5.74) is 6.12. The Morgan fingerprint density at radius 3 is 2.74 bits per heavy atom. The normalized spacial score (nSPS) is 32.2. The van der Waals surface area contributed by atoms with Crippen LogP contribution in [0.4, 0.5) is 0 Å². The lowest BCUT2D eigenvalue weighted by atomic mass is 9.79. The van der Waals surface area contributed by atoms with Crippen molar-refractivity contribution >= 4 is 17.5 Å². The zero-order valence-electron chi connectivity index (χ0n) is 11.6. The molecule has 2 N–H and O–H groups in total. The highest BCUT2D eigenvalue weighted by Crippen LogP contribution is 2.41. The average Bonchev–Trinajstić information content (AvgIpc) is 3.24. The molecule has 0 aromatic rings. The largest absolute Gasteiger partial charge is 0.375 e. The number of carbonyl (C=O) groups is 1. The van der Waals surface area contributed by atoms with Gasteiger partial charge in [-0.2, -0.15) is 11.8 Å². The van der Waals surface area contributed by atoms with E-state index in [9.17, 15) is 4.79 Å². The molecule has 4 heteroatoms. The molecule has 1 aliphatic carbocycles. The van der Waals surface area contributed by atoms with Gasteiger partial charge >= 0.3 is 0 Å². The smallest absolute Gasteiger partial charge is 0.137 e. The Balaban J connectivity index is 1.56. The minimum absolute atomic E-state index is 0.0213. The van der Waals surface area contributed by atoms with Crippen LogP contribution in [0.2, 0.25) is 0 Å². The molecule has 0 radical (unpaired) electrons. The Labute approximate surface area is 120 Å². The van der Waals surface area contributed by atoms with Gasteiger partial charge in [-0.05, 0) is 55.9 Å². The van der Waals surface area contributed by atoms with Crippen molar-refractivity contribution in [1.29, 1.82) is 0 Å². The summed E-state index contributed by atoms with van der Waals surface area (Å²) >= 11 is 2.01. The van der Waals surface area contributed by atoms with E-state index in [4.69, 9.17) is 10.5 Å². The van der Waals surface area contributed by atoms with Crippen LogP contribution >= 0.6 is 11.8 Å². The van der Waals surface area contributed by atoms with Crippen molar-refractivity contribution in [3.8, 4) is 0 Å². The van der Waals surface area contributed by atoms with Crippen LogP contribution in [0.15, 0.2) is 0 Å². The van der Waals surface area contributed by atoms with E-state index < -0.39 is 0 Å². The van der Waals surface area contributed by atoms with Gasteiger partial charge in [0, 0.05) is 25.0 Å². The van der Waals surface area contributed by atoms with Crippen LogP contribution in [-0.2, 0) is 9.53 Å². The third kappa shape index (κ3) is 3.34. The van der Waals surface area contributed by atoms with Gasteiger partial charge in [-0.15, -0.1) is 0 Å². The lowest BCUT2D eigenvalue weighted by Crippen LogP contribution is -2.45. The Hall–Kier alpha value is -0.0600. The second kappa shape index (κ2) is 5.74. The third-order valence-corrected chi connectivity index (χ3v) is 6.00. The first-order valence-corrected chi connectivity index (χ1v) is 8.84. The topological polar surface area (TPSA) is 52.3 Å². The van der Waals surface area contributed by atoms with Crippen molar-refractivity contribution in [2.75, 3.05) is 18.1 Å². The van der Waals surface area contributed by atoms with Crippen molar-refractivity contribution in [3.05, 3.63) is 0 Å². The van der Waals surface area contributed by atoms with E-state index in [1.54, 1.807) is 0 Å². The highest BCUT2D eigenvalue weighted by atomic mass is 32.2. The molecule has 2 atom stereocenters. The van der Waals surface area contributed by atoms with Crippen LogP contribution in [0, 0.1) is 11.8 Å². The molecule has 2 heterocycles. The number of ketones is 1. The Bertz CT molecular complexity index is 332. The summed E-state index contributed by atoms with van der Waals surface area (Å²) in [6.45, 7) is 0.764. The molecule has 3 rings (SSSR count). The number of ether oxygens (including phenoxy) is 1. The maximum absolute atomic E-state index is 12.4. The SMILES string of the molecule is NC(CC(=O)C1CCOC2(CCSCC2)C1)C1CC1. The van der Waals surface area contributed by atoms with Crippen LogP contribution in [0.25, 0.3) is 0 Å². The molecular weight excluding hydrogens is 258 g/mol. The minimum Gasteiger partial charge on any atom is -0.375 e. The summed E-state index contributed by atoms with van der Waals surface area (Å²) in [5.74, 6) is 3.61. The average molecular weight is 283 g/mol. The van der Waals surface area contributed by atoms with Gasteiger partial charge in [0.2, 0.25) is 0 Å². The molecule has 2 unspecified atom stereocenters. The van der Waals surface area contributed by atoms with Crippen molar-refractivity contribution in [1.82, 2.24) is 0 Å². The highest BCUT2D eigenvalue weighted by Gasteiger charge is 2.41. The van der Waals surface area contributed by atoms with Gasteiger partial charge in [0.25, 0.3) is 0 Å². The van der Waals surface area contributed by atoms with Crippen LogP contribution in [0.1, 0.15) is 44.9 Å². The molecule has 0 bridgehead atoms. The lowest BCUT2D eigenvalue weighted by molar-refractivity contribution is -0.138. The summed E-state index contributed by atoms with van der Waals surface area (Å²) in [7, 11) is 0. The highest BCUT2D eigenvalue weighted by molar-refractivity contribution is 7.99. The third-order valence-electron chi connectivity index (χ3n) is 5.02. The van der Waals surface area contributed by atoms with Gasteiger partial charge < -0.3 is 10.5 Å². The molecule has 1 spiro atoms. The zero-order chi connectivity index (χ0) is 13.3. The van der Waals surface area contributed by atoms with Gasteiger partial charge in [-0.25, -0.2) is 0 Å². The first-order valence-electron chi connectivity index (χ1n) is 7.69. The molecule has 3 nitrogen and oxygen atoms in total. The summed E-state index contributed by atoms with van der Waals surface area (Å²) in [6, 6.07) is 0.119. The van der Waals surface area contributed by atoms with Crippen LogP contribution in [-0.4, -0.2) is 35.5 Å². The number of thioether (sulfide) groups is 1. The molecule has 19 heavy (non-hydrogen) atoms. The lowest BCUT2D eigenvalue weighted by Gasteiger charge is -2.43. The summed E-state index contributed by atoms with van der Waals surface area (Å²) in [4.78, 5) is 12.4. The molecule has 2 saturated heterocycles. The first kappa shape index (κ1) is 13.9. The van der Waals surface area contributed by atoms with Crippen LogP contribution in [0.5, 0.6) is 0 Å². The summed E-state index contributed by atoms with van der Waals surface area (Å²) < 4.78 is 6.05. The monoisotopic (exact) mass is 283 g/mol. The fraction of sp³-hybridized carbons (Fsp3) is 0.933. The first-order chi connectivity index (χ1) is 9.19. The number of hydrogen-bond acceptors (Lipinski definition) is 4. The van der Waals surface area contributed by atoms with Gasteiger partial charge in [0.1, 0.15) is 5.78 Å². The summed E-state index contributed by atoms with van der Waals surface area (Å²) in [5, 5.41) is 0. The van der Waals surface area contributed by atoms with Gasteiger partial charge in [-0.1, -0.05) is 0 Å². The van der Waals surface area contributed by atoms with E-state index in [2.05, 4.69) is 0 Å². The molecule has 108 valence electrons. The van der Waals surface area contributed by atoms with Crippen LogP contribution < -0.4 is 5.73 Å². The molecule has 3 aliphatic rings. The number of Topliss-reactive ketones (excluding diaryl/α,β-unsaturated/α-hetero) is 1. The second-order valence-electron chi connectivity index (χ2n) is 6.51. The standard InChI is InChI=1S/C15H25NO2S/c16-13(11-1-2-11)9-14(17)12-3-6-18-15(10-12)4-7-19-8-5-15/h11-13H,1-10,16H2. The van der Waals surface area contributed by atoms with E-state index in [1.165, 1.54) is 24.3 Å². The molecule has 0 amide bonds. The minimum atomic E-state index is 0.0213. The van der Waals surface area contributed by atoms with Crippen molar-refractivity contribution in [3.63, 3.8) is 0 Å². The van der Waals surface area contributed by atoms with Gasteiger partial charge in [0.15, 0.2) is 0 Å². The van der Waals surface area contributed by atoms with Crippen molar-refractivity contribution in [2.45, 2.75) is 56.6 Å². The fourth-order valence-corrected chi connectivity index (χ4v) is 4.72. The van der Waals surface area contributed by atoms with Crippen molar-refractivity contribution < 1.29 is 9.53 Å². The molecule has 1 saturated carbocycles. The van der Waals surface area contributed by atoms with E-state index >= 15 is 0 Å². The molecule has 2 aliphatic heterocycles. The maximum Gasteiger partial charge on any atom is 0.137 e. The Kier molecular flexibility index (Phi) is 4.20. The van der Waals surface area contributed by atoms with E-state index in [0.717, 1.165) is 32.3 Å². The predicted molar refractivity (Wildman–Crippen MR) is 78.3 cm³/mol. The van der Waals surface area contributed by atoms with E-state index in [-0.39, 0.29) is 17.6 Å². The Morgan fingerprint density at radius 1 is 1.32 bits per heavy atom. The molecule has 0 aromatic carbocycles. The maximum atomic E-state index is 12.4. The summed E-state index contributed by atoms with van der Waals surface area (Å²) in [6.07, 6.45) is 7.15. The van der Waals surface area contributed by atoms with E-state index in [0.29, 0.717) is 18.1 Å². The number of nitrogens with two attached hydrogens (primary N) is 1. The molecular formula is C15H25NO2S. The van der Waals surface area contributed by atoms with E-state index in [1.807, 2.05) is 11.8 Å². The Morgan fingerprint density at radius 2 is 2.05 bits per heavy atom. The van der Waals surface area contributed by atoms with Crippen LogP contribution in [0.3, 0.4) is 0 Å². The number of rotatable bonds is 4. The van der Waals surface area contributed by atoms with Gasteiger partial charge in [-0.3, -0.25) is 4.79 Å². The van der Waals surface area contributed by atoms with Crippen molar-refractivity contribution in [2.24, 2.45) is 17.6 Å². The molecule has 3 fully saturated rings. The predicted octanol–water partition coefficient (Wildman–Crippen LogP) is 2.38. The number of carbonyl (C=O) groups excluding carboxylic acids is 1. The quantitative estimate of drug-likeness (QED) is 0.860. The zero-order valence-corrected chi connectivity index (χ0v) is 12.4. The van der Waals surface area contributed by atoms with Gasteiger partial charge in [0.05, 0.1) is 5.60 Å². The molecule has 0 aromatic heterocycles.